The standard InChI is InChI=1S/C16H21ClN2O2/c1-2-15(20)18-12-8-9-14(13(17)10-12)19-16(21)11-6-4-3-5-7-11/h8-11H,2-7H2,1H3,(H,18,20)(H,19,21). The Morgan fingerprint density at radius 3 is 2.52 bits per heavy atom. The summed E-state index contributed by atoms with van der Waals surface area (Å²) < 4.78 is 0. The molecule has 4 nitrogen and oxygen atoms in total. The van der Waals surface area contributed by atoms with Gasteiger partial charge in [0, 0.05) is 18.0 Å². The number of amides is 2. The lowest BCUT2D eigenvalue weighted by Gasteiger charge is -2.21. The lowest BCUT2D eigenvalue weighted by molar-refractivity contribution is -0.120. The molecule has 1 aromatic rings. The van der Waals surface area contributed by atoms with Crippen molar-refractivity contribution in [3.63, 3.8) is 0 Å². The number of carbonyl (C=O) groups excluding carboxylic acids is 2. The molecule has 1 aliphatic carbocycles. The molecule has 1 fully saturated rings. The number of hydrogen-bond acceptors (Lipinski definition) is 2. The number of nitrogens with one attached hydrogen (secondary N) is 2. The van der Waals surface area contributed by atoms with Crippen LogP contribution in [0.1, 0.15) is 45.4 Å². The highest BCUT2D eigenvalue weighted by atomic mass is 35.5. The first-order chi connectivity index (χ1) is 10.1. The Bertz CT molecular complexity index is 525. The van der Waals surface area contributed by atoms with Crippen molar-refractivity contribution in [2.75, 3.05) is 10.6 Å². The monoisotopic (exact) mass is 308 g/mol. The maximum Gasteiger partial charge on any atom is 0.227 e. The smallest absolute Gasteiger partial charge is 0.227 e. The van der Waals surface area contributed by atoms with Crippen LogP contribution < -0.4 is 10.6 Å². The van der Waals surface area contributed by atoms with Gasteiger partial charge in [-0.05, 0) is 31.0 Å². The molecule has 0 saturated heterocycles. The van der Waals surface area contributed by atoms with Gasteiger partial charge in [-0.3, -0.25) is 9.59 Å². The molecule has 2 amide bonds. The van der Waals surface area contributed by atoms with Crippen LogP contribution in [0.3, 0.4) is 0 Å². The zero-order chi connectivity index (χ0) is 15.2. The molecule has 0 spiro atoms. The van der Waals surface area contributed by atoms with Crippen LogP contribution in [0.2, 0.25) is 5.02 Å². The molecule has 0 radical (unpaired) electrons. The molecule has 1 saturated carbocycles. The average Bonchev–Trinajstić information content (AvgIpc) is 2.50. The molecule has 0 aliphatic heterocycles. The van der Waals surface area contributed by atoms with Crippen molar-refractivity contribution in [3.05, 3.63) is 23.2 Å². The van der Waals surface area contributed by atoms with Crippen molar-refractivity contribution in [3.8, 4) is 0 Å². The van der Waals surface area contributed by atoms with Crippen LogP contribution in [0.5, 0.6) is 0 Å². The highest BCUT2D eigenvalue weighted by Gasteiger charge is 2.21. The van der Waals surface area contributed by atoms with Crippen molar-refractivity contribution >= 4 is 34.8 Å². The zero-order valence-corrected chi connectivity index (χ0v) is 13.0. The van der Waals surface area contributed by atoms with Crippen LogP contribution in [0.15, 0.2) is 18.2 Å². The Hall–Kier alpha value is -1.55. The van der Waals surface area contributed by atoms with E-state index in [1.807, 2.05) is 0 Å². The number of hydrogen-bond donors (Lipinski definition) is 2. The summed E-state index contributed by atoms with van der Waals surface area (Å²) in [7, 11) is 0. The topological polar surface area (TPSA) is 58.2 Å². The molecule has 114 valence electrons. The molecular formula is C16H21ClN2O2. The second kappa shape index (κ2) is 7.46. The number of benzene rings is 1. The van der Waals surface area contributed by atoms with E-state index < -0.39 is 0 Å². The predicted octanol–water partition coefficient (Wildman–Crippen LogP) is 4.21. The van der Waals surface area contributed by atoms with E-state index in [2.05, 4.69) is 10.6 Å². The lowest BCUT2D eigenvalue weighted by Crippen LogP contribution is -2.24. The minimum Gasteiger partial charge on any atom is -0.326 e. The maximum absolute atomic E-state index is 12.2. The first kappa shape index (κ1) is 15.8. The van der Waals surface area contributed by atoms with Crippen LogP contribution >= 0.6 is 11.6 Å². The Labute approximate surface area is 130 Å². The molecule has 1 aromatic carbocycles. The van der Waals surface area contributed by atoms with Gasteiger partial charge in [-0.15, -0.1) is 0 Å². The van der Waals surface area contributed by atoms with Gasteiger partial charge in [0.15, 0.2) is 0 Å². The Balaban J connectivity index is 2.00. The van der Waals surface area contributed by atoms with Gasteiger partial charge in [0.2, 0.25) is 11.8 Å². The third-order valence-electron chi connectivity index (χ3n) is 3.81. The van der Waals surface area contributed by atoms with Crippen LogP contribution in [-0.2, 0) is 9.59 Å². The van der Waals surface area contributed by atoms with E-state index in [1.54, 1.807) is 25.1 Å². The SMILES string of the molecule is CCC(=O)Nc1ccc(NC(=O)C2CCCCC2)c(Cl)c1. The van der Waals surface area contributed by atoms with Crippen molar-refractivity contribution in [2.24, 2.45) is 5.92 Å². The van der Waals surface area contributed by atoms with Crippen molar-refractivity contribution < 1.29 is 9.59 Å². The molecule has 5 heteroatoms. The predicted molar refractivity (Wildman–Crippen MR) is 85.6 cm³/mol. The summed E-state index contributed by atoms with van der Waals surface area (Å²) in [5.74, 6) is 0.0706. The molecule has 21 heavy (non-hydrogen) atoms. The second-order valence-corrected chi connectivity index (χ2v) is 5.83. The van der Waals surface area contributed by atoms with Crippen LogP contribution in [-0.4, -0.2) is 11.8 Å². The van der Waals surface area contributed by atoms with E-state index in [0.29, 0.717) is 22.8 Å². The molecule has 0 bridgehead atoms. The minimum absolute atomic E-state index is 0.0435. The molecule has 2 N–H and O–H groups in total. The third kappa shape index (κ3) is 4.46. The number of anilines is 2. The van der Waals surface area contributed by atoms with E-state index in [4.69, 9.17) is 11.6 Å². The molecule has 0 atom stereocenters. The van der Waals surface area contributed by atoms with Gasteiger partial charge in [0.1, 0.15) is 0 Å². The van der Waals surface area contributed by atoms with E-state index in [-0.39, 0.29) is 17.7 Å². The van der Waals surface area contributed by atoms with Gasteiger partial charge in [-0.2, -0.15) is 0 Å². The van der Waals surface area contributed by atoms with E-state index >= 15 is 0 Å². The Morgan fingerprint density at radius 2 is 1.90 bits per heavy atom. The van der Waals surface area contributed by atoms with E-state index in [1.165, 1.54) is 6.42 Å². The first-order valence-electron chi connectivity index (χ1n) is 7.50. The summed E-state index contributed by atoms with van der Waals surface area (Å²) >= 11 is 6.17. The van der Waals surface area contributed by atoms with E-state index in [0.717, 1.165) is 25.7 Å². The summed E-state index contributed by atoms with van der Waals surface area (Å²) in [6, 6.07) is 5.13. The van der Waals surface area contributed by atoms with Gasteiger partial charge >= 0.3 is 0 Å². The number of carbonyl (C=O) groups is 2. The zero-order valence-electron chi connectivity index (χ0n) is 12.2. The fraction of sp³-hybridized carbons (Fsp3) is 0.500. The van der Waals surface area contributed by atoms with E-state index in [9.17, 15) is 9.59 Å². The highest BCUT2D eigenvalue weighted by molar-refractivity contribution is 6.34. The normalized spacial score (nSPS) is 15.5. The summed E-state index contributed by atoms with van der Waals surface area (Å²) in [6.07, 6.45) is 5.78. The molecule has 1 aliphatic rings. The fourth-order valence-electron chi connectivity index (χ4n) is 2.54. The molecule has 0 heterocycles. The molecule has 2 rings (SSSR count). The van der Waals surface area contributed by atoms with Gasteiger partial charge < -0.3 is 10.6 Å². The van der Waals surface area contributed by atoms with Gasteiger partial charge in [-0.25, -0.2) is 0 Å². The average molecular weight is 309 g/mol. The summed E-state index contributed by atoms with van der Waals surface area (Å²) in [4.78, 5) is 23.5. The Morgan fingerprint density at radius 1 is 1.19 bits per heavy atom. The number of halogens is 1. The molecular weight excluding hydrogens is 288 g/mol. The van der Waals surface area contributed by atoms with Crippen molar-refractivity contribution in [1.29, 1.82) is 0 Å². The Kier molecular flexibility index (Phi) is 5.62. The van der Waals surface area contributed by atoms with Gasteiger partial charge in [0.25, 0.3) is 0 Å². The maximum atomic E-state index is 12.2. The second-order valence-electron chi connectivity index (χ2n) is 5.42. The number of rotatable bonds is 4. The fourth-order valence-corrected chi connectivity index (χ4v) is 2.77. The molecule has 0 unspecified atom stereocenters. The van der Waals surface area contributed by atoms with Gasteiger partial charge in [-0.1, -0.05) is 37.8 Å². The van der Waals surface area contributed by atoms with Crippen LogP contribution in [0, 0.1) is 5.92 Å². The molecule has 0 aromatic heterocycles. The van der Waals surface area contributed by atoms with Crippen molar-refractivity contribution in [1.82, 2.24) is 0 Å². The quantitative estimate of drug-likeness (QED) is 0.875. The van der Waals surface area contributed by atoms with Crippen LogP contribution in [0.25, 0.3) is 0 Å². The highest BCUT2D eigenvalue weighted by Crippen LogP contribution is 2.29. The third-order valence-corrected chi connectivity index (χ3v) is 4.12. The summed E-state index contributed by atoms with van der Waals surface area (Å²) in [5, 5.41) is 6.07. The lowest BCUT2D eigenvalue weighted by atomic mass is 9.88. The summed E-state index contributed by atoms with van der Waals surface area (Å²) in [6.45, 7) is 1.79. The largest absolute Gasteiger partial charge is 0.326 e. The first-order valence-corrected chi connectivity index (χ1v) is 7.88. The van der Waals surface area contributed by atoms with Crippen LogP contribution in [0.4, 0.5) is 11.4 Å². The summed E-state index contributed by atoms with van der Waals surface area (Å²) in [5.41, 5.74) is 1.24. The van der Waals surface area contributed by atoms with Crippen molar-refractivity contribution in [2.45, 2.75) is 45.4 Å². The minimum atomic E-state index is -0.0648. The van der Waals surface area contributed by atoms with Gasteiger partial charge in [0.05, 0.1) is 10.7 Å².